The van der Waals surface area contributed by atoms with E-state index in [0.717, 1.165) is 27.0 Å². The van der Waals surface area contributed by atoms with Crippen LogP contribution in [0.15, 0.2) is 53.0 Å². The molecule has 136 valence electrons. The van der Waals surface area contributed by atoms with E-state index >= 15 is 0 Å². The summed E-state index contributed by atoms with van der Waals surface area (Å²) < 4.78 is 5.96. The summed E-state index contributed by atoms with van der Waals surface area (Å²) in [6.45, 7) is 1.82. The van der Waals surface area contributed by atoms with Gasteiger partial charge in [0.1, 0.15) is 0 Å². The van der Waals surface area contributed by atoms with Crippen LogP contribution in [0.5, 0.6) is 0 Å². The van der Waals surface area contributed by atoms with Gasteiger partial charge >= 0.3 is 5.97 Å². The minimum absolute atomic E-state index is 0.154. The zero-order valence-electron chi connectivity index (χ0n) is 14.8. The van der Waals surface area contributed by atoms with Crippen molar-refractivity contribution in [1.82, 2.24) is 4.98 Å². The number of halogens is 1. The van der Waals surface area contributed by atoms with Crippen LogP contribution in [0, 0.1) is 6.92 Å². The van der Waals surface area contributed by atoms with E-state index in [1.54, 1.807) is 0 Å². The van der Waals surface area contributed by atoms with Crippen LogP contribution in [0.1, 0.15) is 33.1 Å². The van der Waals surface area contributed by atoms with Gasteiger partial charge in [0.05, 0.1) is 24.3 Å². The van der Waals surface area contributed by atoms with Gasteiger partial charge in [-0.15, -0.1) is 0 Å². The van der Waals surface area contributed by atoms with E-state index in [0.29, 0.717) is 16.8 Å². The number of H-pyrrole nitrogens is 1. The molecule has 1 aliphatic rings. The fourth-order valence-electron chi connectivity index (χ4n) is 3.64. The monoisotopic (exact) mass is 424 g/mol. The average Bonchev–Trinajstić information content (AvgIpc) is 3.17. The van der Waals surface area contributed by atoms with E-state index in [-0.39, 0.29) is 5.91 Å². The van der Waals surface area contributed by atoms with E-state index in [9.17, 15) is 9.59 Å². The number of methoxy groups -OCH3 is 1. The molecular weight excluding hydrogens is 408 g/mol. The van der Waals surface area contributed by atoms with Crippen molar-refractivity contribution in [3.8, 4) is 11.3 Å². The second-order valence-electron chi connectivity index (χ2n) is 6.42. The lowest BCUT2D eigenvalue weighted by Gasteiger charge is -2.13. The fraction of sp³-hybridized carbons (Fsp3) is 0.143. The minimum Gasteiger partial charge on any atom is -0.465 e. The number of fused-ring (bicyclic) bond motifs is 1. The van der Waals surface area contributed by atoms with E-state index in [1.807, 2.05) is 55.5 Å². The summed E-state index contributed by atoms with van der Waals surface area (Å²) in [5.41, 5.74) is 4.98. The van der Waals surface area contributed by atoms with Gasteiger partial charge in [-0.25, -0.2) is 4.79 Å². The second kappa shape index (κ2) is 6.70. The number of aromatic amines is 1. The Hall–Kier alpha value is -2.86. The number of carbonyl (C=O) groups excluding carboxylic acids is 2. The summed E-state index contributed by atoms with van der Waals surface area (Å²) in [5, 5.41) is 2.91. The van der Waals surface area contributed by atoms with Crippen molar-refractivity contribution >= 4 is 33.5 Å². The summed E-state index contributed by atoms with van der Waals surface area (Å²) in [4.78, 5) is 28.7. The second-order valence-corrected chi connectivity index (χ2v) is 7.34. The van der Waals surface area contributed by atoms with Crippen molar-refractivity contribution < 1.29 is 14.3 Å². The van der Waals surface area contributed by atoms with Crippen molar-refractivity contribution in [3.63, 3.8) is 0 Å². The third-order valence-corrected chi connectivity index (χ3v) is 5.36. The van der Waals surface area contributed by atoms with Crippen LogP contribution in [0.4, 0.5) is 5.69 Å². The Morgan fingerprint density at radius 3 is 2.52 bits per heavy atom. The number of carbonyl (C=O) groups is 2. The summed E-state index contributed by atoms with van der Waals surface area (Å²) in [6.07, 6.45) is 0. The Balaban J connectivity index is 1.99. The topological polar surface area (TPSA) is 71.2 Å². The predicted molar refractivity (Wildman–Crippen MR) is 107 cm³/mol. The molecule has 0 bridgehead atoms. The average molecular weight is 425 g/mol. The molecule has 0 radical (unpaired) electrons. The number of anilines is 1. The van der Waals surface area contributed by atoms with Crippen LogP contribution in [0.3, 0.4) is 0 Å². The number of esters is 1. The van der Waals surface area contributed by atoms with Gasteiger partial charge in [0.2, 0.25) is 5.91 Å². The minimum atomic E-state index is -0.584. The normalized spacial score (nSPS) is 15.4. The molecule has 5 nitrogen and oxygen atoms in total. The van der Waals surface area contributed by atoms with Gasteiger partial charge in [0, 0.05) is 21.4 Å². The lowest BCUT2D eigenvalue weighted by molar-refractivity contribution is -0.116. The first-order valence-corrected chi connectivity index (χ1v) is 9.27. The SMILES string of the molecule is COC(=O)c1c(C)[nH]c(-c2ccc(Br)cc2)c1[C@@H]1C(=O)Nc2ccccc21. The molecule has 0 aliphatic carbocycles. The number of para-hydroxylation sites is 1. The third kappa shape index (κ3) is 2.86. The van der Waals surface area contributed by atoms with Gasteiger partial charge in [-0.2, -0.15) is 0 Å². The molecule has 27 heavy (non-hydrogen) atoms. The van der Waals surface area contributed by atoms with E-state index in [4.69, 9.17) is 4.74 Å². The quantitative estimate of drug-likeness (QED) is 0.602. The Kier molecular flexibility index (Phi) is 4.36. The van der Waals surface area contributed by atoms with Gasteiger partial charge < -0.3 is 15.0 Å². The summed E-state index contributed by atoms with van der Waals surface area (Å²) >= 11 is 3.44. The number of hydrogen-bond acceptors (Lipinski definition) is 3. The van der Waals surface area contributed by atoms with Crippen molar-refractivity contribution in [2.75, 3.05) is 12.4 Å². The molecule has 0 saturated carbocycles. The lowest BCUT2D eigenvalue weighted by atomic mass is 9.87. The van der Waals surface area contributed by atoms with Crippen molar-refractivity contribution in [1.29, 1.82) is 0 Å². The molecule has 0 unspecified atom stereocenters. The molecule has 1 amide bonds. The molecule has 2 N–H and O–H groups in total. The van der Waals surface area contributed by atoms with Crippen molar-refractivity contribution in [3.05, 3.63) is 75.4 Å². The molecule has 2 aromatic carbocycles. The number of aryl methyl sites for hydroxylation is 1. The largest absolute Gasteiger partial charge is 0.465 e. The smallest absolute Gasteiger partial charge is 0.340 e. The van der Waals surface area contributed by atoms with E-state index in [2.05, 4.69) is 26.2 Å². The van der Waals surface area contributed by atoms with Crippen LogP contribution < -0.4 is 5.32 Å². The van der Waals surface area contributed by atoms with Crippen molar-refractivity contribution in [2.24, 2.45) is 0 Å². The molecule has 4 rings (SSSR count). The van der Waals surface area contributed by atoms with Gasteiger partial charge in [-0.3, -0.25) is 4.79 Å². The molecule has 3 aromatic rings. The zero-order chi connectivity index (χ0) is 19.1. The van der Waals surface area contributed by atoms with E-state index < -0.39 is 11.9 Å². The molecule has 2 heterocycles. The highest BCUT2D eigenvalue weighted by molar-refractivity contribution is 9.10. The van der Waals surface area contributed by atoms with Gasteiger partial charge in [-0.1, -0.05) is 46.3 Å². The number of rotatable bonds is 3. The highest BCUT2D eigenvalue weighted by atomic mass is 79.9. The Bertz CT molecular complexity index is 1050. The first-order chi connectivity index (χ1) is 13.0. The van der Waals surface area contributed by atoms with Crippen LogP contribution in [0.2, 0.25) is 0 Å². The number of nitrogens with one attached hydrogen (secondary N) is 2. The van der Waals surface area contributed by atoms with Gasteiger partial charge in [0.25, 0.3) is 0 Å². The number of aromatic nitrogens is 1. The van der Waals surface area contributed by atoms with Gasteiger partial charge in [-0.05, 0) is 36.2 Å². The number of amides is 1. The Morgan fingerprint density at radius 1 is 1.11 bits per heavy atom. The first kappa shape index (κ1) is 17.5. The Labute approximate surface area is 164 Å². The molecule has 0 spiro atoms. The maximum Gasteiger partial charge on any atom is 0.340 e. The van der Waals surface area contributed by atoms with Gasteiger partial charge in [0.15, 0.2) is 0 Å². The summed E-state index contributed by atoms with van der Waals surface area (Å²) in [5.74, 6) is -1.20. The number of ether oxygens (including phenoxy) is 1. The standard InChI is InChI=1S/C21H17BrN2O3/c1-11-16(21(26)27-2)18(19(23-11)12-7-9-13(22)10-8-12)17-14-5-3-4-6-15(14)24-20(17)25/h3-10,17,23H,1-2H3,(H,24,25)/t17-/m1/s1. The zero-order valence-corrected chi connectivity index (χ0v) is 16.4. The molecule has 6 heteroatoms. The molecule has 1 aliphatic heterocycles. The molecule has 0 saturated heterocycles. The molecular formula is C21H17BrN2O3. The number of hydrogen-bond donors (Lipinski definition) is 2. The highest BCUT2D eigenvalue weighted by Gasteiger charge is 2.38. The van der Waals surface area contributed by atoms with Crippen LogP contribution in [0.25, 0.3) is 11.3 Å². The highest BCUT2D eigenvalue weighted by Crippen LogP contribution is 2.43. The molecule has 1 aromatic heterocycles. The summed E-state index contributed by atoms with van der Waals surface area (Å²) in [6, 6.07) is 15.3. The summed E-state index contributed by atoms with van der Waals surface area (Å²) in [7, 11) is 1.35. The molecule has 0 fully saturated rings. The van der Waals surface area contributed by atoms with Crippen LogP contribution in [-0.4, -0.2) is 24.0 Å². The van der Waals surface area contributed by atoms with E-state index in [1.165, 1.54) is 7.11 Å². The lowest BCUT2D eigenvalue weighted by Crippen LogP contribution is -2.17. The Morgan fingerprint density at radius 2 is 1.81 bits per heavy atom. The van der Waals surface area contributed by atoms with Crippen LogP contribution in [-0.2, 0) is 9.53 Å². The maximum atomic E-state index is 12.9. The third-order valence-electron chi connectivity index (χ3n) is 4.83. The number of benzene rings is 2. The maximum absolute atomic E-state index is 12.9. The fourth-order valence-corrected chi connectivity index (χ4v) is 3.90. The van der Waals surface area contributed by atoms with Crippen molar-refractivity contribution in [2.45, 2.75) is 12.8 Å². The predicted octanol–water partition coefficient (Wildman–Crippen LogP) is 4.62. The van der Waals surface area contributed by atoms with Crippen LogP contribution >= 0.6 is 15.9 Å². The first-order valence-electron chi connectivity index (χ1n) is 8.47. The molecule has 1 atom stereocenters.